The van der Waals surface area contributed by atoms with Crippen LogP contribution in [0.15, 0.2) is 17.5 Å². The molecule has 0 aromatic carbocycles. The molecule has 3 heteroatoms. The maximum atomic E-state index is 11.1. The van der Waals surface area contributed by atoms with E-state index in [0.29, 0.717) is 6.42 Å². The maximum Gasteiger partial charge on any atom is 0.306 e. The maximum absolute atomic E-state index is 11.1. The van der Waals surface area contributed by atoms with Gasteiger partial charge in [0.15, 0.2) is 0 Å². The van der Waals surface area contributed by atoms with E-state index in [4.69, 9.17) is 4.74 Å². The van der Waals surface area contributed by atoms with E-state index >= 15 is 0 Å². The van der Waals surface area contributed by atoms with Crippen LogP contribution in [-0.4, -0.2) is 12.1 Å². The van der Waals surface area contributed by atoms with Crippen LogP contribution in [0.4, 0.5) is 0 Å². The second-order valence-corrected chi connectivity index (χ2v) is 4.15. The van der Waals surface area contributed by atoms with Gasteiger partial charge in [-0.15, -0.1) is 11.3 Å². The summed E-state index contributed by atoms with van der Waals surface area (Å²) < 4.78 is 5.01. The fourth-order valence-electron chi connectivity index (χ4n) is 1.00. The summed E-state index contributed by atoms with van der Waals surface area (Å²) in [6.45, 7) is 3.73. The van der Waals surface area contributed by atoms with Crippen molar-refractivity contribution in [3.8, 4) is 0 Å². The quantitative estimate of drug-likeness (QED) is 0.695. The highest BCUT2D eigenvalue weighted by Crippen LogP contribution is 2.11. The number of rotatable bonds is 4. The molecule has 0 bridgehead atoms. The highest BCUT2D eigenvalue weighted by Gasteiger charge is 2.05. The minimum absolute atomic E-state index is 0.00386. The van der Waals surface area contributed by atoms with Crippen LogP contribution in [0.25, 0.3) is 0 Å². The van der Waals surface area contributed by atoms with Crippen molar-refractivity contribution < 1.29 is 9.53 Å². The summed E-state index contributed by atoms with van der Waals surface area (Å²) in [6.07, 6.45) is 1.28. The van der Waals surface area contributed by atoms with E-state index < -0.39 is 0 Å². The van der Waals surface area contributed by atoms with Gasteiger partial charge in [-0.05, 0) is 31.7 Å². The third kappa shape index (κ3) is 4.08. The summed E-state index contributed by atoms with van der Waals surface area (Å²) >= 11 is 1.68. The Bertz CT molecular complexity index is 252. The average molecular weight is 198 g/mol. The Morgan fingerprint density at radius 2 is 2.38 bits per heavy atom. The zero-order chi connectivity index (χ0) is 9.68. The molecule has 72 valence electrons. The zero-order valence-electron chi connectivity index (χ0n) is 7.95. The minimum Gasteiger partial charge on any atom is -0.463 e. The predicted octanol–water partition coefficient (Wildman–Crippen LogP) is 2.63. The van der Waals surface area contributed by atoms with Crippen LogP contribution >= 0.6 is 11.3 Å². The summed E-state index contributed by atoms with van der Waals surface area (Å²) in [6, 6.07) is 4.03. The lowest BCUT2D eigenvalue weighted by Gasteiger charge is -2.06. The third-order valence-electron chi connectivity index (χ3n) is 1.52. The molecule has 0 aliphatic carbocycles. The van der Waals surface area contributed by atoms with Gasteiger partial charge in [0.25, 0.3) is 0 Å². The van der Waals surface area contributed by atoms with Crippen LogP contribution in [0, 0.1) is 0 Å². The Kier molecular flexibility index (Phi) is 3.96. The van der Waals surface area contributed by atoms with Gasteiger partial charge in [0.2, 0.25) is 0 Å². The first kappa shape index (κ1) is 10.3. The summed E-state index contributed by atoms with van der Waals surface area (Å²) in [5.74, 6) is -0.108. The summed E-state index contributed by atoms with van der Waals surface area (Å²) in [4.78, 5) is 12.4. The van der Waals surface area contributed by atoms with Crippen molar-refractivity contribution in [2.45, 2.75) is 32.8 Å². The number of carbonyl (C=O) groups is 1. The summed E-state index contributed by atoms with van der Waals surface area (Å²) in [5, 5.41) is 2.02. The van der Waals surface area contributed by atoms with Gasteiger partial charge in [-0.25, -0.2) is 0 Å². The molecule has 0 saturated carbocycles. The second-order valence-electron chi connectivity index (χ2n) is 3.12. The van der Waals surface area contributed by atoms with Crippen molar-refractivity contribution in [1.82, 2.24) is 0 Å². The van der Waals surface area contributed by atoms with E-state index in [1.165, 1.54) is 4.88 Å². The van der Waals surface area contributed by atoms with E-state index in [9.17, 15) is 4.79 Å². The van der Waals surface area contributed by atoms with Crippen molar-refractivity contribution in [1.29, 1.82) is 0 Å². The monoisotopic (exact) mass is 198 g/mol. The first-order valence-corrected chi connectivity index (χ1v) is 5.28. The lowest BCUT2D eigenvalue weighted by molar-refractivity contribution is -0.147. The first-order valence-electron chi connectivity index (χ1n) is 4.40. The Balaban J connectivity index is 2.23. The number of hydrogen-bond acceptors (Lipinski definition) is 3. The molecule has 2 nitrogen and oxygen atoms in total. The highest BCUT2D eigenvalue weighted by atomic mass is 32.1. The number of carbonyl (C=O) groups excluding carboxylic acids is 1. The average Bonchev–Trinajstić information content (AvgIpc) is 2.51. The molecule has 1 rings (SSSR count). The molecule has 1 heterocycles. The van der Waals surface area contributed by atoms with Crippen LogP contribution < -0.4 is 0 Å². The fraction of sp³-hybridized carbons (Fsp3) is 0.500. The Morgan fingerprint density at radius 3 is 2.92 bits per heavy atom. The SMILES string of the molecule is CC(C)OC(=O)CCc1cccs1. The normalized spacial score (nSPS) is 10.4. The Labute approximate surface area is 82.5 Å². The smallest absolute Gasteiger partial charge is 0.306 e. The first-order chi connectivity index (χ1) is 6.18. The van der Waals surface area contributed by atoms with Crippen LogP contribution in [-0.2, 0) is 16.0 Å². The van der Waals surface area contributed by atoms with E-state index in [0.717, 1.165) is 6.42 Å². The molecule has 0 atom stereocenters. The largest absolute Gasteiger partial charge is 0.463 e. The van der Waals surface area contributed by atoms with Crippen molar-refractivity contribution in [2.75, 3.05) is 0 Å². The van der Waals surface area contributed by atoms with Gasteiger partial charge in [-0.3, -0.25) is 4.79 Å². The number of hydrogen-bond donors (Lipinski definition) is 0. The number of aryl methyl sites for hydroxylation is 1. The van der Waals surface area contributed by atoms with Gasteiger partial charge < -0.3 is 4.74 Å². The van der Waals surface area contributed by atoms with E-state index in [-0.39, 0.29) is 12.1 Å². The van der Waals surface area contributed by atoms with E-state index in [2.05, 4.69) is 0 Å². The lowest BCUT2D eigenvalue weighted by atomic mass is 10.3. The summed E-state index contributed by atoms with van der Waals surface area (Å²) in [7, 11) is 0. The van der Waals surface area contributed by atoms with Gasteiger partial charge >= 0.3 is 5.97 Å². The molecule has 0 saturated heterocycles. The third-order valence-corrected chi connectivity index (χ3v) is 2.46. The van der Waals surface area contributed by atoms with Crippen molar-refractivity contribution in [3.63, 3.8) is 0 Å². The molecule has 1 aromatic heterocycles. The van der Waals surface area contributed by atoms with E-state index in [1.807, 2.05) is 31.4 Å². The Hall–Kier alpha value is -0.830. The number of ether oxygens (including phenoxy) is 1. The second kappa shape index (κ2) is 5.02. The molecule has 13 heavy (non-hydrogen) atoms. The van der Waals surface area contributed by atoms with Gasteiger partial charge in [0.1, 0.15) is 0 Å². The van der Waals surface area contributed by atoms with Gasteiger partial charge in [0, 0.05) is 4.88 Å². The molecule has 0 fully saturated rings. The highest BCUT2D eigenvalue weighted by molar-refractivity contribution is 7.09. The lowest BCUT2D eigenvalue weighted by Crippen LogP contribution is -2.11. The molecule has 0 N–H and O–H groups in total. The van der Waals surface area contributed by atoms with Gasteiger partial charge in [0.05, 0.1) is 12.5 Å². The van der Waals surface area contributed by atoms with Crippen LogP contribution in [0.3, 0.4) is 0 Å². The van der Waals surface area contributed by atoms with Gasteiger partial charge in [-0.2, -0.15) is 0 Å². The molecular formula is C10H14O2S. The summed E-state index contributed by atoms with van der Waals surface area (Å²) in [5.41, 5.74) is 0. The molecule has 0 amide bonds. The van der Waals surface area contributed by atoms with Gasteiger partial charge in [-0.1, -0.05) is 6.07 Å². The van der Waals surface area contributed by atoms with Crippen LogP contribution in [0.1, 0.15) is 25.1 Å². The number of esters is 1. The zero-order valence-corrected chi connectivity index (χ0v) is 8.76. The molecule has 0 aliphatic rings. The molecule has 0 aliphatic heterocycles. The fourth-order valence-corrected chi connectivity index (χ4v) is 1.71. The molecule has 1 aromatic rings. The van der Waals surface area contributed by atoms with E-state index in [1.54, 1.807) is 11.3 Å². The van der Waals surface area contributed by atoms with Crippen molar-refractivity contribution >= 4 is 17.3 Å². The predicted molar refractivity (Wildman–Crippen MR) is 53.9 cm³/mol. The standard InChI is InChI=1S/C10H14O2S/c1-8(2)12-10(11)6-5-9-4-3-7-13-9/h3-4,7-8H,5-6H2,1-2H3. The van der Waals surface area contributed by atoms with Crippen LogP contribution in [0.5, 0.6) is 0 Å². The molecule has 0 spiro atoms. The minimum atomic E-state index is -0.108. The Morgan fingerprint density at radius 1 is 1.62 bits per heavy atom. The van der Waals surface area contributed by atoms with Crippen molar-refractivity contribution in [3.05, 3.63) is 22.4 Å². The molecule has 0 unspecified atom stereocenters. The van der Waals surface area contributed by atoms with Crippen LogP contribution in [0.2, 0.25) is 0 Å². The molecular weight excluding hydrogens is 184 g/mol. The topological polar surface area (TPSA) is 26.3 Å². The van der Waals surface area contributed by atoms with Crippen molar-refractivity contribution in [2.24, 2.45) is 0 Å². The molecule has 0 radical (unpaired) electrons. The number of thiophene rings is 1.